The van der Waals surface area contributed by atoms with Gasteiger partial charge < -0.3 is 10.1 Å². The Kier molecular flexibility index (Phi) is 5.26. The van der Waals surface area contributed by atoms with Crippen molar-refractivity contribution in [3.8, 4) is 5.75 Å². The van der Waals surface area contributed by atoms with E-state index < -0.39 is 6.10 Å². The fraction of sp³-hybridized carbons (Fsp3) is 0.188. The van der Waals surface area contributed by atoms with E-state index in [0.29, 0.717) is 16.5 Å². The summed E-state index contributed by atoms with van der Waals surface area (Å²) in [7, 11) is 0. The van der Waals surface area contributed by atoms with E-state index in [1.807, 2.05) is 37.3 Å². The summed E-state index contributed by atoms with van der Waals surface area (Å²) >= 11 is 9.35. The van der Waals surface area contributed by atoms with Crippen LogP contribution in [0.4, 0.5) is 5.69 Å². The zero-order valence-corrected chi connectivity index (χ0v) is 14.0. The number of hydrogen-bond acceptors (Lipinski definition) is 2. The molecule has 0 aromatic heterocycles. The zero-order chi connectivity index (χ0) is 15.4. The number of carbonyl (C=O) groups excluding carboxylic acids is 1. The maximum atomic E-state index is 12.1. The van der Waals surface area contributed by atoms with Crippen LogP contribution in [-0.2, 0) is 4.79 Å². The van der Waals surface area contributed by atoms with E-state index in [0.717, 1.165) is 10.0 Å². The molecule has 5 heteroatoms. The molecule has 2 aromatic rings. The van der Waals surface area contributed by atoms with E-state index in [9.17, 15) is 4.79 Å². The Balaban J connectivity index is 2.02. The summed E-state index contributed by atoms with van der Waals surface area (Å²) in [5.74, 6) is 0.404. The lowest BCUT2D eigenvalue weighted by Crippen LogP contribution is -2.30. The molecular formula is C16H15BrClNO2. The van der Waals surface area contributed by atoms with Crippen LogP contribution in [0.1, 0.15) is 12.5 Å². The van der Waals surface area contributed by atoms with Gasteiger partial charge in [-0.25, -0.2) is 0 Å². The van der Waals surface area contributed by atoms with Gasteiger partial charge in [-0.3, -0.25) is 4.79 Å². The molecule has 3 nitrogen and oxygen atoms in total. The van der Waals surface area contributed by atoms with Gasteiger partial charge in [0.2, 0.25) is 0 Å². The number of benzene rings is 2. The van der Waals surface area contributed by atoms with Gasteiger partial charge in [0.05, 0.1) is 5.69 Å². The van der Waals surface area contributed by atoms with Crippen molar-refractivity contribution in [2.45, 2.75) is 20.0 Å². The van der Waals surface area contributed by atoms with Crippen LogP contribution in [0.5, 0.6) is 5.75 Å². The van der Waals surface area contributed by atoms with Crippen LogP contribution < -0.4 is 10.1 Å². The molecular weight excluding hydrogens is 354 g/mol. The van der Waals surface area contributed by atoms with Crippen molar-refractivity contribution in [2.24, 2.45) is 0 Å². The maximum Gasteiger partial charge on any atom is 0.265 e. The second kappa shape index (κ2) is 6.96. The Morgan fingerprint density at radius 3 is 2.67 bits per heavy atom. The summed E-state index contributed by atoms with van der Waals surface area (Å²) in [6.45, 7) is 3.59. The van der Waals surface area contributed by atoms with E-state index in [-0.39, 0.29) is 5.91 Å². The molecule has 0 saturated carbocycles. The molecule has 0 heterocycles. The van der Waals surface area contributed by atoms with Gasteiger partial charge in [0, 0.05) is 9.50 Å². The number of rotatable bonds is 4. The molecule has 0 bridgehead atoms. The van der Waals surface area contributed by atoms with Crippen LogP contribution in [-0.4, -0.2) is 12.0 Å². The average Bonchev–Trinajstić information content (AvgIpc) is 2.45. The summed E-state index contributed by atoms with van der Waals surface area (Å²) < 4.78 is 6.46. The van der Waals surface area contributed by atoms with Crippen LogP contribution in [0.2, 0.25) is 5.02 Å². The first-order valence-corrected chi connectivity index (χ1v) is 7.62. The molecule has 0 fully saturated rings. The summed E-state index contributed by atoms with van der Waals surface area (Å²) in [6, 6.07) is 12.7. The second-order valence-corrected chi connectivity index (χ2v) is 5.90. The van der Waals surface area contributed by atoms with Crippen molar-refractivity contribution in [3.05, 3.63) is 57.5 Å². The number of para-hydroxylation sites is 1. The van der Waals surface area contributed by atoms with Gasteiger partial charge in [0.15, 0.2) is 6.10 Å². The first-order chi connectivity index (χ1) is 9.97. The minimum atomic E-state index is -0.613. The van der Waals surface area contributed by atoms with E-state index in [4.69, 9.17) is 16.3 Å². The molecule has 1 N–H and O–H groups in total. The van der Waals surface area contributed by atoms with Crippen molar-refractivity contribution in [1.82, 2.24) is 0 Å². The van der Waals surface area contributed by atoms with Crippen LogP contribution >= 0.6 is 27.5 Å². The number of anilines is 1. The first-order valence-electron chi connectivity index (χ1n) is 6.45. The molecule has 0 aliphatic carbocycles. The molecule has 110 valence electrons. The predicted octanol–water partition coefficient (Wildman–Crippen LogP) is 4.82. The SMILES string of the molecule is Cc1cc(O[C@H](C)C(=O)Nc2ccccc2Br)ccc1Cl. The molecule has 0 spiro atoms. The standard InChI is InChI=1S/C16H15BrClNO2/c1-10-9-12(7-8-14(10)18)21-11(2)16(20)19-15-6-4-3-5-13(15)17/h3-9,11H,1-2H3,(H,19,20)/t11-/m1/s1. The molecule has 0 aliphatic rings. The highest BCUT2D eigenvalue weighted by atomic mass is 79.9. The van der Waals surface area contributed by atoms with Crippen LogP contribution in [0, 0.1) is 6.92 Å². The topological polar surface area (TPSA) is 38.3 Å². The molecule has 1 amide bonds. The lowest BCUT2D eigenvalue weighted by molar-refractivity contribution is -0.122. The summed E-state index contributed by atoms with van der Waals surface area (Å²) in [5, 5.41) is 3.49. The number of ether oxygens (including phenoxy) is 1. The highest BCUT2D eigenvalue weighted by Crippen LogP contribution is 2.23. The molecule has 0 radical (unpaired) electrons. The summed E-state index contributed by atoms with van der Waals surface area (Å²) in [5.41, 5.74) is 1.62. The van der Waals surface area contributed by atoms with Crippen molar-refractivity contribution in [1.29, 1.82) is 0 Å². The van der Waals surface area contributed by atoms with Crippen LogP contribution in [0.25, 0.3) is 0 Å². The quantitative estimate of drug-likeness (QED) is 0.840. The van der Waals surface area contributed by atoms with Crippen molar-refractivity contribution in [2.75, 3.05) is 5.32 Å². The normalized spacial score (nSPS) is 11.8. The molecule has 0 unspecified atom stereocenters. The number of hydrogen-bond donors (Lipinski definition) is 1. The number of carbonyl (C=O) groups is 1. The molecule has 2 aromatic carbocycles. The molecule has 2 rings (SSSR count). The number of aryl methyl sites for hydroxylation is 1. The van der Waals surface area contributed by atoms with Crippen molar-refractivity contribution >= 4 is 39.1 Å². The van der Waals surface area contributed by atoms with Crippen molar-refractivity contribution < 1.29 is 9.53 Å². The van der Waals surface area contributed by atoms with E-state index in [1.54, 1.807) is 19.1 Å². The third-order valence-electron chi connectivity index (χ3n) is 2.94. The van der Waals surface area contributed by atoms with Gasteiger partial charge in [-0.1, -0.05) is 23.7 Å². The molecule has 0 aliphatic heterocycles. The second-order valence-electron chi connectivity index (χ2n) is 4.64. The fourth-order valence-corrected chi connectivity index (χ4v) is 2.25. The van der Waals surface area contributed by atoms with Gasteiger partial charge in [0.25, 0.3) is 5.91 Å². The van der Waals surface area contributed by atoms with E-state index in [1.165, 1.54) is 0 Å². The minimum Gasteiger partial charge on any atom is -0.481 e. The number of amides is 1. The van der Waals surface area contributed by atoms with Crippen LogP contribution in [0.15, 0.2) is 46.9 Å². The highest BCUT2D eigenvalue weighted by Gasteiger charge is 2.16. The predicted molar refractivity (Wildman–Crippen MR) is 89.1 cm³/mol. The Morgan fingerprint density at radius 1 is 1.29 bits per heavy atom. The van der Waals surface area contributed by atoms with Gasteiger partial charge in [-0.2, -0.15) is 0 Å². The Labute approximate surface area is 137 Å². The summed E-state index contributed by atoms with van der Waals surface area (Å²) in [4.78, 5) is 12.1. The number of halogens is 2. The van der Waals surface area contributed by atoms with Crippen LogP contribution in [0.3, 0.4) is 0 Å². The molecule has 0 saturated heterocycles. The molecule has 21 heavy (non-hydrogen) atoms. The first kappa shape index (κ1) is 15.9. The van der Waals surface area contributed by atoms with Gasteiger partial charge in [-0.05, 0) is 65.7 Å². The largest absolute Gasteiger partial charge is 0.481 e. The third kappa shape index (κ3) is 4.22. The lowest BCUT2D eigenvalue weighted by Gasteiger charge is -2.16. The minimum absolute atomic E-state index is 0.213. The van der Waals surface area contributed by atoms with Gasteiger partial charge in [0.1, 0.15) is 5.75 Å². The van der Waals surface area contributed by atoms with Crippen molar-refractivity contribution in [3.63, 3.8) is 0 Å². The molecule has 1 atom stereocenters. The van der Waals surface area contributed by atoms with Gasteiger partial charge in [-0.15, -0.1) is 0 Å². The average molecular weight is 369 g/mol. The van der Waals surface area contributed by atoms with E-state index >= 15 is 0 Å². The van der Waals surface area contributed by atoms with Gasteiger partial charge >= 0.3 is 0 Å². The van der Waals surface area contributed by atoms with E-state index in [2.05, 4.69) is 21.2 Å². The Hall–Kier alpha value is -1.52. The highest BCUT2D eigenvalue weighted by molar-refractivity contribution is 9.10. The monoisotopic (exact) mass is 367 g/mol. The zero-order valence-electron chi connectivity index (χ0n) is 11.7. The Bertz CT molecular complexity index is 660. The lowest BCUT2D eigenvalue weighted by atomic mass is 10.2. The fourth-order valence-electron chi connectivity index (χ4n) is 1.75. The third-order valence-corrected chi connectivity index (χ3v) is 4.06. The summed E-state index contributed by atoms with van der Waals surface area (Å²) in [6.07, 6.45) is -0.613. The smallest absolute Gasteiger partial charge is 0.265 e. The Morgan fingerprint density at radius 2 is 2.00 bits per heavy atom. The number of nitrogens with one attached hydrogen (secondary N) is 1. The maximum absolute atomic E-state index is 12.1.